The summed E-state index contributed by atoms with van der Waals surface area (Å²) in [4.78, 5) is 36.9. The summed E-state index contributed by atoms with van der Waals surface area (Å²) in [6, 6.07) is -0.936. The molecule has 1 heterocycles. The lowest BCUT2D eigenvalue weighted by Gasteiger charge is -2.22. The van der Waals surface area contributed by atoms with Gasteiger partial charge < -0.3 is 11.1 Å². The first kappa shape index (κ1) is 14.0. The topological polar surface area (TPSA) is 92.5 Å². The Morgan fingerprint density at radius 1 is 1.32 bits per heavy atom. The van der Waals surface area contributed by atoms with Crippen LogP contribution in [0.15, 0.2) is 0 Å². The van der Waals surface area contributed by atoms with Gasteiger partial charge in [-0.3, -0.25) is 19.3 Å². The predicted molar refractivity (Wildman–Crippen MR) is 69.1 cm³/mol. The number of nitrogens with two attached hydrogens (primary N) is 1. The van der Waals surface area contributed by atoms with E-state index >= 15 is 0 Å². The van der Waals surface area contributed by atoms with E-state index in [9.17, 15) is 14.4 Å². The Labute approximate surface area is 112 Å². The normalized spacial score (nSPS) is 25.0. The maximum absolute atomic E-state index is 12.1. The van der Waals surface area contributed by atoms with E-state index in [1.807, 2.05) is 11.9 Å². The van der Waals surface area contributed by atoms with Crippen molar-refractivity contribution in [2.45, 2.75) is 44.2 Å². The highest BCUT2D eigenvalue weighted by atomic mass is 16.2. The van der Waals surface area contributed by atoms with E-state index in [1.165, 1.54) is 0 Å². The summed E-state index contributed by atoms with van der Waals surface area (Å²) < 4.78 is 0. The average molecular weight is 267 g/mol. The van der Waals surface area contributed by atoms with Gasteiger partial charge in [-0.1, -0.05) is 12.8 Å². The van der Waals surface area contributed by atoms with Crippen LogP contribution in [0.25, 0.3) is 0 Å². The third-order valence-corrected chi connectivity index (χ3v) is 3.96. The maximum Gasteiger partial charge on any atom is 0.287 e. The maximum atomic E-state index is 12.1. The Balaban J connectivity index is 1.96. The molecule has 106 valence electrons. The van der Waals surface area contributed by atoms with E-state index in [-0.39, 0.29) is 11.9 Å². The molecule has 1 aliphatic carbocycles. The van der Waals surface area contributed by atoms with Crippen molar-refractivity contribution in [1.29, 1.82) is 0 Å². The number of rotatable bonds is 6. The zero-order chi connectivity index (χ0) is 14.0. The van der Waals surface area contributed by atoms with Gasteiger partial charge in [0.25, 0.3) is 5.91 Å². The number of amides is 2. The summed E-state index contributed by atoms with van der Waals surface area (Å²) in [5, 5.41) is 2.71. The van der Waals surface area contributed by atoms with Crippen LogP contribution < -0.4 is 11.1 Å². The van der Waals surface area contributed by atoms with Crippen molar-refractivity contribution in [3.8, 4) is 0 Å². The fraction of sp³-hybridized carbons (Fsp3) is 0.769. The summed E-state index contributed by atoms with van der Waals surface area (Å²) in [5.74, 6) is -1.37. The molecular formula is C13H21N3O3. The summed E-state index contributed by atoms with van der Waals surface area (Å²) in [6.45, 7) is 0.884. The van der Waals surface area contributed by atoms with Crippen molar-refractivity contribution < 1.29 is 14.4 Å². The molecule has 0 spiro atoms. The van der Waals surface area contributed by atoms with E-state index < -0.39 is 17.7 Å². The minimum absolute atomic E-state index is 0.166. The first-order chi connectivity index (χ1) is 8.99. The highest BCUT2D eigenvalue weighted by Crippen LogP contribution is 2.33. The van der Waals surface area contributed by atoms with Crippen LogP contribution in [0.2, 0.25) is 0 Å². The number of carbonyl (C=O) groups is 3. The standard InChI is InChI=1S/C13H21N3O3/c1-16-6-2-3-10(16)13(19)15-9(7-8-4-5-8)11(17)12(14)18/h8-10H,2-7H2,1H3,(H2,14,18)(H,15,19). The number of carbonyl (C=O) groups excluding carboxylic acids is 3. The molecule has 0 bridgehead atoms. The zero-order valence-electron chi connectivity index (χ0n) is 11.2. The molecule has 6 heteroatoms. The van der Waals surface area contributed by atoms with Gasteiger partial charge in [-0.15, -0.1) is 0 Å². The molecule has 3 N–H and O–H groups in total. The Kier molecular flexibility index (Phi) is 4.19. The SMILES string of the molecule is CN1CCCC1C(=O)NC(CC1CC1)C(=O)C(N)=O. The van der Waals surface area contributed by atoms with Crippen LogP contribution in [0, 0.1) is 5.92 Å². The number of ketones is 1. The highest BCUT2D eigenvalue weighted by molar-refractivity contribution is 6.37. The smallest absolute Gasteiger partial charge is 0.287 e. The van der Waals surface area contributed by atoms with E-state index in [0.29, 0.717) is 12.3 Å². The van der Waals surface area contributed by atoms with E-state index in [2.05, 4.69) is 5.32 Å². The van der Waals surface area contributed by atoms with Gasteiger partial charge in [0.15, 0.2) is 0 Å². The average Bonchev–Trinajstić information content (AvgIpc) is 3.07. The van der Waals surface area contributed by atoms with E-state index in [4.69, 9.17) is 5.73 Å². The highest BCUT2D eigenvalue weighted by Gasteiger charge is 2.35. The van der Waals surface area contributed by atoms with Gasteiger partial charge in [0.1, 0.15) is 0 Å². The summed E-state index contributed by atoms with van der Waals surface area (Å²) in [5.41, 5.74) is 5.04. The molecule has 0 aromatic carbocycles. The predicted octanol–water partition coefficient (Wildman–Crippen LogP) is -0.580. The number of primary amides is 1. The second kappa shape index (κ2) is 5.69. The minimum Gasteiger partial charge on any atom is -0.363 e. The molecule has 0 radical (unpaired) electrons. The second-order valence-corrected chi connectivity index (χ2v) is 5.61. The molecule has 1 saturated heterocycles. The van der Waals surface area contributed by atoms with Crippen molar-refractivity contribution >= 4 is 17.6 Å². The molecule has 2 aliphatic rings. The van der Waals surface area contributed by atoms with Gasteiger partial charge in [-0.2, -0.15) is 0 Å². The van der Waals surface area contributed by atoms with Gasteiger partial charge in [-0.05, 0) is 38.8 Å². The summed E-state index contributed by atoms with van der Waals surface area (Å²) >= 11 is 0. The van der Waals surface area contributed by atoms with Crippen LogP contribution in [0.3, 0.4) is 0 Å². The van der Waals surface area contributed by atoms with Gasteiger partial charge >= 0.3 is 0 Å². The molecule has 2 amide bonds. The van der Waals surface area contributed by atoms with Crippen LogP contribution >= 0.6 is 0 Å². The summed E-state index contributed by atoms with van der Waals surface area (Å²) in [6.07, 6.45) is 4.42. The van der Waals surface area contributed by atoms with Crippen molar-refractivity contribution in [1.82, 2.24) is 10.2 Å². The molecule has 2 rings (SSSR count). The lowest BCUT2D eigenvalue weighted by Crippen LogP contribution is -2.51. The number of likely N-dealkylation sites (tertiary alicyclic amines) is 1. The van der Waals surface area contributed by atoms with Gasteiger partial charge in [-0.25, -0.2) is 0 Å². The fourth-order valence-electron chi connectivity index (χ4n) is 2.60. The molecule has 19 heavy (non-hydrogen) atoms. The fourth-order valence-corrected chi connectivity index (χ4v) is 2.60. The van der Waals surface area contributed by atoms with Crippen LogP contribution in [0.4, 0.5) is 0 Å². The number of hydrogen-bond donors (Lipinski definition) is 2. The molecule has 6 nitrogen and oxygen atoms in total. The molecule has 1 saturated carbocycles. The summed E-state index contributed by atoms with van der Waals surface area (Å²) in [7, 11) is 1.89. The Morgan fingerprint density at radius 2 is 2.00 bits per heavy atom. The lowest BCUT2D eigenvalue weighted by atomic mass is 10.0. The first-order valence-electron chi connectivity index (χ1n) is 6.83. The third kappa shape index (κ3) is 3.53. The van der Waals surface area contributed by atoms with E-state index in [0.717, 1.165) is 32.2 Å². The quantitative estimate of drug-likeness (QED) is 0.630. The number of Topliss-reactive ketones (excluding diaryl/α,β-unsaturated/α-hetero) is 1. The monoisotopic (exact) mass is 267 g/mol. The number of hydrogen-bond acceptors (Lipinski definition) is 4. The van der Waals surface area contributed by atoms with E-state index in [1.54, 1.807) is 0 Å². The van der Waals surface area contributed by atoms with Crippen molar-refractivity contribution in [2.75, 3.05) is 13.6 Å². The lowest BCUT2D eigenvalue weighted by molar-refractivity contribution is -0.139. The largest absolute Gasteiger partial charge is 0.363 e. The molecule has 1 aliphatic heterocycles. The number of nitrogens with zero attached hydrogens (tertiary/aromatic N) is 1. The van der Waals surface area contributed by atoms with Gasteiger partial charge in [0.2, 0.25) is 11.7 Å². The van der Waals surface area contributed by atoms with Crippen molar-refractivity contribution in [3.63, 3.8) is 0 Å². The first-order valence-corrected chi connectivity index (χ1v) is 6.83. The Morgan fingerprint density at radius 3 is 2.47 bits per heavy atom. The molecular weight excluding hydrogens is 246 g/mol. The number of nitrogens with one attached hydrogen (secondary N) is 1. The molecule has 2 fully saturated rings. The molecule has 2 atom stereocenters. The van der Waals surface area contributed by atoms with Crippen LogP contribution in [-0.4, -0.2) is 48.2 Å². The third-order valence-electron chi connectivity index (χ3n) is 3.96. The molecule has 0 aromatic heterocycles. The Bertz CT molecular complexity index is 393. The minimum atomic E-state index is -0.967. The zero-order valence-corrected chi connectivity index (χ0v) is 11.2. The number of likely N-dealkylation sites (N-methyl/N-ethyl adjacent to an activating group) is 1. The van der Waals surface area contributed by atoms with Crippen molar-refractivity contribution in [2.24, 2.45) is 11.7 Å². The Hall–Kier alpha value is -1.43. The second-order valence-electron chi connectivity index (χ2n) is 5.61. The molecule has 0 aromatic rings. The van der Waals surface area contributed by atoms with Crippen LogP contribution in [-0.2, 0) is 14.4 Å². The van der Waals surface area contributed by atoms with Crippen molar-refractivity contribution in [3.05, 3.63) is 0 Å². The van der Waals surface area contributed by atoms with Gasteiger partial charge in [0, 0.05) is 0 Å². The van der Waals surface area contributed by atoms with Crippen LogP contribution in [0.5, 0.6) is 0 Å². The van der Waals surface area contributed by atoms with Crippen LogP contribution in [0.1, 0.15) is 32.1 Å². The molecule has 2 unspecified atom stereocenters. The van der Waals surface area contributed by atoms with Gasteiger partial charge in [0.05, 0.1) is 12.1 Å².